The SMILES string of the molecule is CC(=O)c1c[nH]c(C(=O)NCCC(=O)O)c1. The van der Waals surface area contributed by atoms with Gasteiger partial charge < -0.3 is 15.4 Å². The third-order valence-electron chi connectivity index (χ3n) is 1.96. The highest BCUT2D eigenvalue weighted by molar-refractivity contribution is 5.99. The van der Waals surface area contributed by atoms with Gasteiger partial charge in [0.15, 0.2) is 5.78 Å². The van der Waals surface area contributed by atoms with Gasteiger partial charge in [0.25, 0.3) is 5.91 Å². The molecule has 1 aromatic heterocycles. The number of amides is 1. The Kier molecular flexibility index (Phi) is 3.82. The van der Waals surface area contributed by atoms with E-state index in [1.165, 1.54) is 19.2 Å². The number of rotatable bonds is 5. The standard InChI is InChI=1S/C10H12N2O4/c1-6(13)7-4-8(12-5-7)10(16)11-3-2-9(14)15/h4-5,12H,2-3H2,1H3,(H,11,16)(H,14,15). The summed E-state index contributed by atoms with van der Waals surface area (Å²) in [5.74, 6) is -1.54. The molecule has 3 N–H and O–H groups in total. The van der Waals surface area contributed by atoms with E-state index >= 15 is 0 Å². The van der Waals surface area contributed by atoms with Gasteiger partial charge in [-0.3, -0.25) is 14.4 Å². The maximum atomic E-state index is 11.4. The second kappa shape index (κ2) is 5.11. The highest BCUT2D eigenvalue weighted by Gasteiger charge is 2.10. The summed E-state index contributed by atoms with van der Waals surface area (Å²) in [7, 11) is 0. The van der Waals surface area contributed by atoms with Gasteiger partial charge >= 0.3 is 5.97 Å². The molecular weight excluding hydrogens is 212 g/mol. The number of H-pyrrole nitrogens is 1. The van der Waals surface area contributed by atoms with Gasteiger partial charge in [-0.2, -0.15) is 0 Å². The monoisotopic (exact) mass is 224 g/mol. The van der Waals surface area contributed by atoms with Gasteiger partial charge in [0, 0.05) is 18.3 Å². The van der Waals surface area contributed by atoms with E-state index in [-0.39, 0.29) is 24.4 Å². The second-order valence-electron chi connectivity index (χ2n) is 3.26. The van der Waals surface area contributed by atoms with Crippen LogP contribution in [0.25, 0.3) is 0 Å². The Hall–Kier alpha value is -2.11. The molecule has 1 amide bonds. The molecule has 6 nitrogen and oxygen atoms in total. The lowest BCUT2D eigenvalue weighted by molar-refractivity contribution is -0.136. The molecule has 0 spiro atoms. The normalized spacial score (nSPS) is 9.81. The van der Waals surface area contributed by atoms with E-state index in [4.69, 9.17) is 5.11 Å². The van der Waals surface area contributed by atoms with Crippen molar-refractivity contribution in [1.82, 2.24) is 10.3 Å². The average Bonchev–Trinajstić information content (AvgIpc) is 2.65. The van der Waals surface area contributed by atoms with Crippen molar-refractivity contribution >= 4 is 17.7 Å². The molecule has 0 aromatic carbocycles. The number of hydrogen-bond acceptors (Lipinski definition) is 3. The summed E-state index contributed by atoms with van der Waals surface area (Å²) in [5, 5.41) is 10.8. The molecule has 6 heteroatoms. The Labute approximate surface area is 91.7 Å². The van der Waals surface area contributed by atoms with Crippen LogP contribution >= 0.6 is 0 Å². The molecule has 0 radical (unpaired) electrons. The van der Waals surface area contributed by atoms with E-state index in [9.17, 15) is 14.4 Å². The van der Waals surface area contributed by atoms with Crippen LogP contribution in [0.5, 0.6) is 0 Å². The van der Waals surface area contributed by atoms with Gasteiger partial charge in [-0.05, 0) is 13.0 Å². The van der Waals surface area contributed by atoms with Gasteiger partial charge in [-0.25, -0.2) is 0 Å². The van der Waals surface area contributed by atoms with E-state index in [1.54, 1.807) is 0 Å². The van der Waals surface area contributed by atoms with Crippen LogP contribution in [-0.4, -0.2) is 34.3 Å². The van der Waals surface area contributed by atoms with Gasteiger partial charge in [0.05, 0.1) is 6.42 Å². The fraction of sp³-hybridized carbons (Fsp3) is 0.300. The first-order valence-corrected chi connectivity index (χ1v) is 4.70. The molecular formula is C10H12N2O4. The van der Waals surface area contributed by atoms with Crippen molar-refractivity contribution in [3.63, 3.8) is 0 Å². The van der Waals surface area contributed by atoms with Crippen molar-refractivity contribution in [1.29, 1.82) is 0 Å². The molecule has 0 saturated carbocycles. The number of carbonyl (C=O) groups excluding carboxylic acids is 2. The van der Waals surface area contributed by atoms with E-state index in [1.807, 2.05) is 0 Å². The van der Waals surface area contributed by atoms with Crippen LogP contribution in [0.1, 0.15) is 34.2 Å². The summed E-state index contributed by atoms with van der Waals surface area (Å²) in [6.07, 6.45) is 1.31. The molecule has 0 fully saturated rings. The highest BCUT2D eigenvalue weighted by Crippen LogP contribution is 2.03. The third kappa shape index (κ3) is 3.23. The Morgan fingerprint density at radius 3 is 2.62 bits per heavy atom. The van der Waals surface area contributed by atoms with Crippen molar-refractivity contribution in [3.05, 3.63) is 23.5 Å². The molecule has 1 aromatic rings. The van der Waals surface area contributed by atoms with Crippen LogP contribution in [0, 0.1) is 0 Å². The summed E-state index contributed by atoms with van der Waals surface area (Å²) in [6.45, 7) is 1.46. The number of aliphatic carboxylic acids is 1. The first-order valence-electron chi connectivity index (χ1n) is 4.70. The van der Waals surface area contributed by atoms with Gasteiger partial charge in [-0.1, -0.05) is 0 Å². The molecule has 16 heavy (non-hydrogen) atoms. The Morgan fingerprint density at radius 1 is 1.44 bits per heavy atom. The maximum Gasteiger partial charge on any atom is 0.305 e. The van der Waals surface area contributed by atoms with Gasteiger partial charge in [0.2, 0.25) is 0 Å². The molecule has 1 rings (SSSR count). The van der Waals surface area contributed by atoms with Crippen LogP contribution < -0.4 is 5.32 Å². The van der Waals surface area contributed by atoms with Crippen LogP contribution in [0.2, 0.25) is 0 Å². The Bertz CT molecular complexity index is 422. The number of Topliss-reactive ketones (excluding diaryl/α,β-unsaturated/α-hetero) is 1. The number of nitrogens with one attached hydrogen (secondary N) is 2. The number of carboxylic acids is 1. The molecule has 0 aliphatic carbocycles. The molecule has 0 saturated heterocycles. The molecule has 0 unspecified atom stereocenters. The zero-order valence-corrected chi connectivity index (χ0v) is 8.74. The second-order valence-corrected chi connectivity index (χ2v) is 3.26. The number of carboxylic acid groups (broad SMARTS) is 1. The van der Waals surface area contributed by atoms with E-state index in [0.717, 1.165) is 0 Å². The number of ketones is 1. The van der Waals surface area contributed by atoms with Crippen molar-refractivity contribution in [2.45, 2.75) is 13.3 Å². The predicted molar refractivity (Wildman–Crippen MR) is 55.4 cm³/mol. The van der Waals surface area contributed by atoms with Crippen LogP contribution in [0.3, 0.4) is 0 Å². The predicted octanol–water partition coefficient (Wildman–Crippen LogP) is 0.422. The lowest BCUT2D eigenvalue weighted by Crippen LogP contribution is -2.26. The summed E-state index contributed by atoms with van der Waals surface area (Å²) < 4.78 is 0. The number of aromatic nitrogens is 1. The molecule has 0 aliphatic rings. The summed E-state index contributed by atoms with van der Waals surface area (Å²) in [4.78, 5) is 35.2. The largest absolute Gasteiger partial charge is 0.481 e. The fourth-order valence-electron chi connectivity index (χ4n) is 1.11. The van der Waals surface area contributed by atoms with Crippen LogP contribution in [0.15, 0.2) is 12.3 Å². The van der Waals surface area contributed by atoms with Crippen LogP contribution in [0.4, 0.5) is 0 Å². The van der Waals surface area contributed by atoms with E-state index in [0.29, 0.717) is 5.56 Å². The Morgan fingerprint density at radius 2 is 2.12 bits per heavy atom. The number of carbonyl (C=O) groups is 3. The van der Waals surface area contributed by atoms with Gasteiger partial charge in [-0.15, -0.1) is 0 Å². The number of hydrogen-bond donors (Lipinski definition) is 3. The van der Waals surface area contributed by atoms with Crippen molar-refractivity contribution in [2.24, 2.45) is 0 Å². The van der Waals surface area contributed by atoms with Crippen molar-refractivity contribution < 1.29 is 19.5 Å². The maximum absolute atomic E-state index is 11.4. The van der Waals surface area contributed by atoms with Crippen molar-refractivity contribution in [2.75, 3.05) is 6.54 Å². The first kappa shape index (κ1) is 12.0. The minimum absolute atomic E-state index is 0.0581. The number of aromatic amines is 1. The summed E-state index contributed by atoms with van der Waals surface area (Å²) >= 11 is 0. The van der Waals surface area contributed by atoms with E-state index in [2.05, 4.69) is 10.3 Å². The zero-order valence-electron chi connectivity index (χ0n) is 8.74. The molecule has 1 heterocycles. The average molecular weight is 224 g/mol. The molecule has 0 atom stereocenters. The minimum atomic E-state index is -0.976. The smallest absolute Gasteiger partial charge is 0.305 e. The van der Waals surface area contributed by atoms with E-state index < -0.39 is 11.9 Å². The third-order valence-corrected chi connectivity index (χ3v) is 1.96. The lowest BCUT2D eigenvalue weighted by Gasteiger charge is -2.00. The molecule has 86 valence electrons. The molecule has 0 bridgehead atoms. The highest BCUT2D eigenvalue weighted by atomic mass is 16.4. The van der Waals surface area contributed by atoms with Crippen LogP contribution in [-0.2, 0) is 4.79 Å². The topological polar surface area (TPSA) is 99.3 Å². The van der Waals surface area contributed by atoms with Gasteiger partial charge in [0.1, 0.15) is 5.69 Å². The molecule has 0 aliphatic heterocycles. The summed E-state index contributed by atoms with van der Waals surface area (Å²) in [5.41, 5.74) is 0.666. The Balaban J connectivity index is 2.53. The summed E-state index contributed by atoms with van der Waals surface area (Å²) in [6, 6.07) is 1.43. The minimum Gasteiger partial charge on any atom is -0.481 e. The zero-order chi connectivity index (χ0) is 12.1. The van der Waals surface area contributed by atoms with Crippen molar-refractivity contribution in [3.8, 4) is 0 Å². The lowest BCUT2D eigenvalue weighted by atomic mass is 10.2. The fourth-order valence-corrected chi connectivity index (χ4v) is 1.11. The first-order chi connectivity index (χ1) is 7.50. The quantitative estimate of drug-likeness (QED) is 0.631.